The Labute approximate surface area is 138 Å². The number of rotatable bonds is 6. The molecule has 0 aliphatic carbocycles. The molecule has 0 radical (unpaired) electrons. The van der Waals surface area contributed by atoms with Crippen molar-refractivity contribution < 1.29 is 0 Å². The fourth-order valence-corrected chi connectivity index (χ4v) is 2.97. The molecule has 0 rings (SSSR count). The summed E-state index contributed by atoms with van der Waals surface area (Å²) in [7, 11) is 0. The first-order valence-corrected chi connectivity index (χ1v) is 8.25. The Hall–Kier alpha value is -1.26. The number of allylic oxidation sites excluding steroid dienone is 5. The third-order valence-corrected chi connectivity index (χ3v) is 4.51. The van der Waals surface area contributed by atoms with Gasteiger partial charge in [-0.05, 0) is 51.7 Å². The summed E-state index contributed by atoms with van der Waals surface area (Å²) in [5, 5.41) is 0. The first-order valence-electron chi connectivity index (χ1n) is 8.25. The minimum absolute atomic E-state index is 0.0195. The van der Waals surface area contributed by atoms with E-state index in [0.29, 0.717) is 5.92 Å². The standard InChI is InChI=1S/C21H35N/c1-10-12-14-19(17(5)15-20(7,8)22)21(9,16(3)4)18(6)13-11-2/h10,12,14-16,18H,22H2,1-9H3/b12-10-,17-15-,19-14+. The van der Waals surface area contributed by atoms with Crippen LogP contribution in [0.1, 0.15) is 62.3 Å². The topological polar surface area (TPSA) is 26.0 Å². The SMILES string of the molecule is CC#CC(C)C(C)(C(=C/C=C\C)/C(C)=C\C(C)(C)N)C(C)C. The lowest BCUT2D eigenvalue weighted by atomic mass is 9.63. The molecule has 0 aromatic heterocycles. The summed E-state index contributed by atoms with van der Waals surface area (Å²) in [6.07, 6.45) is 8.57. The molecule has 0 saturated carbocycles. The maximum absolute atomic E-state index is 6.21. The summed E-state index contributed by atoms with van der Waals surface area (Å²) in [6, 6.07) is 0. The smallest absolute Gasteiger partial charge is 0.0287 e. The molecule has 0 heterocycles. The maximum Gasteiger partial charge on any atom is 0.0287 e. The molecule has 2 unspecified atom stereocenters. The van der Waals surface area contributed by atoms with Crippen molar-refractivity contribution in [1.82, 2.24) is 0 Å². The van der Waals surface area contributed by atoms with E-state index in [4.69, 9.17) is 5.73 Å². The molecule has 0 fully saturated rings. The van der Waals surface area contributed by atoms with Gasteiger partial charge >= 0.3 is 0 Å². The van der Waals surface area contributed by atoms with Crippen LogP contribution < -0.4 is 5.73 Å². The van der Waals surface area contributed by atoms with Crippen LogP contribution in [-0.4, -0.2) is 5.54 Å². The van der Waals surface area contributed by atoms with Gasteiger partial charge in [-0.25, -0.2) is 0 Å². The van der Waals surface area contributed by atoms with Crippen LogP contribution in [0.25, 0.3) is 0 Å². The van der Waals surface area contributed by atoms with Gasteiger partial charge in [-0.2, -0.15) is 0 Å². The zero-order valence-electron chi connectivity index (χ0n) is 16.0. The quantitative estimate of drug-likeness (QED) is 0.509. The van der Waals surface area contributed by atoms with E-state index in [1.807, 2.05) is 27.7 Å². The minimum Gasteiger partial charge on any atom is -0.322 e. The van der Waals surface area contributed by atoms with Crippen LogP contribution in [-0.2, 0) is 0 Å². The highest BCUT2D eigenvalue weighted by molar-refractivity contribution is 5.41. The van der Waals surface area contributed by atoms with Crippen LogP contribution in [0, 0.1) is 29.1 Å². The van der Waals surface area contributed by atoms with E-state index < -0.39 is 0 Å². The first-order chi connectivity index (χ1) is 10.0. The van der Waals surface area contributed by atoms with E-state index in [-0.39, 0.29) is 16.9 Å². The van der Waals surface area contributed by atoms with Gasteiger partial charge in [-0.15, -0.1) is 5.92 Å². The van der Waals surface area contributed by atoms with Gasteiger partial charge in [0.05, 0.1) is 0 Å². The number of hydrogen-bond acceptors (Lipinski definition) is 1. The van der Waals surface area contributed by atoms with E-state index >= 15 is 0 Å². The lowest BCUT2D eigenvalue weighted by molar-refractivity contribution is 0.219. The molecule has 0 aromatic carbocycles. The second-order valence-electron chi connectivity index (χ2n) is 7.31. The summed E-state index contributed by atoms with van der Waals surface area (Å²) in [4.78, 5) is 0. The first kappa shape index (κ1) is 20.7. The van der Waals surface area contributed by atoms with Gasteiger partial charge in [0.25, 0.3) is 0 Å². The molecule has 1 heteroatoms. The molecule has 1 nitrogen and oxygen atoms in total. The lowest BCUT2D eigenvalue weighted by Crippen LogP contribution is -2.35. The van der Waals surface area contributed by atoms with Crippen LogP contribution in [0.2, 0.25) is 0 Å². The van der Waals surface area contributed by atoms with Crippen molar-refractivity contribution in [1.29, 1.82) is 0 Å². The van der Waals surface area contributed by atoms with Gasteiger partial charge in [-0.3, -0.25) is 0 Å². The second-order valence-corrected chi connectivity index (χ2v) is 7.31. The van der Waals surface area contributed by atoms with E-state index in [0.717, 1.165) is 0 Å². The largest absolute Gasteiger partial charge is 0.322 e. The van der Waals surface area contributed by atoms with Crippen molar-refractivity contribution in [2.24, 2.45) is 23.0 Å². The average molecular weight is 302 g/mol. The summed E-state index contributed by atoms with van der Waals surface area (Å²) in [5.74, 6) is 7.21. The molecule has 0 aliphatic rings. The van der Waals surface area contributed by atoms with E-state index in [2.05, 4.69) is 70.8 Å². The Morgan fingerprint density at radius 2 is 1.68 bits per heavy atom. The van der Waals surface area contributed by atoms with E-state index in [1.54, 1.807) is 0 Å². The highest BCUT2D eigenvalue weighted by Crippen LogP contribution is 2.45. The zero-order chi connectivity index (χ0) is 17.6. The van der Waals surface area contributed by atoms with Crippen molar-refractivity contribution in [3.05, 3.63) is 35.5 Å². The Morgan fingerprint density at radius 1 is 1.14 bits per heavy atom. The molecule has 0 saturated heterocycles. The van der Waals surface area contributed by atoms with Gasteiger partial charge < -0.3 is 5.73 Å². The van der Waals surface area contributed by atoms with Crippen LogP contribution in [0.3, 0.4) is 0 Å². The predicted molar refractivity (Wildman–Crippen MR) is 100 cm³/mol. The molecule has 124 valence electrons. The number of hydrogen-bond donors (Lipinski definition) is 1. The Morgan fingerprint density at radius 3 is 2.05 bits per heavy atom. The molecule has 2 atom stereocenters. The number of nitrogens with two attached hydrogens (primary N) is 1. The second kappa shape index (κ2) is 8.39. The maximum atomic E-state index is 6.21. The van der Waals surface area contributed by atoms with Gasteiger partial charge in [-0.1, -0.05) is 57.9 Å². The molecule has 0 aromatic rings. The molecular weight excluding hydrogens is 266 g/mol. The van der Waals surface area contributed by atoms with Crippen molar-refractivity contribution in [2.75, 3.05) is 0 Å². The highest BCUT2D eigenvalue weighted by Gasteiger charge is 2.38. The third kappa shape index (κ3) is 5.50. The molecule has 22 heavy (non-hydrogen) atoms. The fraction of sp³-hybridized carbons (Fsp3) is 0.619. The minimum atomic E-state index is -0.323. The molecule has 0 bridgehead atoms. The van der Waals surface area contributed by atoms with Crippen molar-refractivity contribution in [3.63, 3.8) is 0 Å². The Bertz CT molecular complexity index is 500. The van der Waals surface area contributed by atoms with E-state index in [9.17, 15) is 0 Å². The van der Waals surface area contributed by atoms with Crippen molar-refractivity contribution in [2.45, 2.75) is 67.9 Å². The van der Waals surface area contributed by atoms with Gasteiger partial charge in [0.2, 0.25) is 0 Å². The van der Waals surface area contributed by atoms with Crippen molar-refractivity contribution in [3.8, 4) is 11.8 Å². The van der Waals surface area contributed by atoms with Gasteiger partial charge in [0, 0.05) is 16.9 Å². The predicted octanol–water partition coefficient (Wildman–Crippen LogP) is 5.49. The van der Waals surface area contributed by atoms with Crippen LogP contribution >= 0.6 is 0 Å². The van der Waals surface area contributed by atoms with Crippen LogP contribution in [0.4, 0.5) is 0 Å². The summed E-state index contributed by atoms with van der Waals surface area (Å²) in [5.41, 5.74) is 8.44. The zero-order valence-corrected chi connectivity index (χ0v) is 16.0. The van der Waals surface area contributed by atoms with Gasteiger partial charge in [0.15, 0.2) is 0 Å². The molecule has 0 spiro atoms. The Balaban J connectivity index is 6.24. The summed E-state index contributed by atoms with van der Waals surface area (Å²) in [6.45, 7) is 19.3. The molecule has 0 amide bonds. The highest BCUT2D eigenvalue weighted by atomic mass is 14.7. The van der Waals surface area contributed by atoms with Crippen molar-refractivity contribution >= 4 is 0 Å². The average Bonchev–Trinajstić information content (AvgIpc) is 2.36. The monoisotopic (exact) mass is 301 g/mol. The summed E-state index contributed by atoms with van der Waals surface area (Å²) < 4.78 is 0. The Kier molecular flexibility index (Phi) is 7.91. The molecule has 0 aliphatic heterocycles. The third-order valence-electron chi connectivity index (χ3n) is 4.51. The van der Waals surface area contributed by atoms with E-state index in [1.165, 1.54) is 11.1 Å². The normalized spacial score (nSPS) is 18.1. The lowest BCUT2D eigenvalue weighted by Gasteiger charge is -2.40. The van der Waals surface area contributed by atoms with Gasteiger partial charge in [0.1, 0.15) is 0 Å². The molecule has 2 N–H and O–H groups in total. The van der Waals surface area contributed by atoms with Crippen LogP contribution in [0.15, 0.2) is 35.5 Å². The fourth-order valence-electron chi connectivity index (χ4n) is 2.97. The van der Waals surface area contributed by atoms with Crippen LogP contribution in [0.5, 0.6) is 0 Å². The molecular formula is C21H35N. The summed E-state index contributed by atoms with van der Waals surface area (Å²) >= 11 is 0.